The van der Waals surface area contributed by atoms with Gasteiger partial charge in [-0.05, 0) is 6.42 Å². The molecule has 1 rings (SSSR count). The third-order valence-corrected chi connectivity index (χ3v) is 1.99. The lowest BCUT2D eigenvalue weighted by Gasteiger charge is -2.16. The zero-order chi connectivity index (χ0) is 11.8. The van der Waals surface area contributed by atoms with Crippen LogP contribution in [0.3, 0.4) is 0 Å². The Labute approximate surface area is 93.4 Å². The first-order valence-electron chi connectivity index (χ1n) is 4.99. The third-order valence-electron chi connectivity index (χ3n) is 1.99. The van der Waals surface area contributed by atoms with Gasteiger partial charge in [0.25, 0.3) is 0 Å². The number of carbonyl (C=O) groups excluding carboxylic acids is 1. The second-order valence-electron chi connectivity index (χ2n) is 3.33. The number of rotatable bonds is 7. The molecule has 7 nitrogen and oxygen atoms in total. The summed E-state index contributed by atoms with van der Waals surface area (Å²) >= 11 is 0. The number of aromatic nitrogens is 3. The molecular weight excluding hydrogens is 212 g/mol. The smallest absolute Gasteiger partial charge is 0.242 e. The molecule has 1 amide bonds. The number of carbonyl (C=O) groups is 1. The lowest BCUT2D eigenvalue weighted by molar-refractivity contribution is -0.123. The van der Waals surface area contributed by atoms with Gasteiger partial charge < -0.3 is 15.2 Å². The van der Waals surface area contributed by atoms with Gasteiger partial charge in [0, 0.05) is 19.9 Å². The van der Waals surface area contributed by atoms with E-state index in [2.05, 4.69) is 15.6 Å². The quantitative estimate of drug-likeness (QED) is 0.611. The number of hydrogen-bond acceptors (Lipinski definition) is 5. The van der Waals surface area contributed by atoms with E-state index < -0.39 is 0 Å². The lowest BCUT2D eigenvalue weighted by Crippen LogP contribution is -2.40. The van der Waals surface area contributed by atoms with Gasteiger partial charge in [-0.3, -0.25) is 4.79 Å². The van der Waals surface area contributed by atoms with Gasteiger partial charge in [-0.2, -0.15) is 0 Å². The molecule has 7 heteroatoms. The fourth-order valence-corrected chi connectivity index (χ4v) is 1.29. The standard InChI is InChI=1S/C9H16N4O3/c1-16-7-8(2-5-14)11-9(15)6-13-4-3-10-12-13/h3-4,8,14H,2,5-7H2,1H3,(H,11,15). The van der Waals surface area contributed by atoms with E-state index in [4.69, 9.17) is 9.84 Å². The van der Waals surface area contributed by atoms with Crippen molar-refractivity contribution in [2.45, 2.75) is 19.0 Å². The van der Waals surface area contributed by atoms with Crippen LogP contribution in [0.15, 0.2) is 12.4 Å². The Hall–Kier alpha value is -1.47. The summed E-state index contributed by atoms with van der Waals surface area (Å²) in [6.45, 7) is 0.507. The number of amides is 1. The number of methoxy groups -OCH3 is 1. The molecule has 1 aromatic rings. The van der Waals surface area contributed by atoms with Crippen LogP contribution in [0.1, 0.15) is 6.42 Å². The van der Waals surface area contributed by atoms with E-state index in [1.54, 1.807) is 13.3 Å². The van der Waals surface area contributed by atoms with Gasteiger partial charge >= 0.3 is 0 Å². The van der Waals surface area contributed by atoms with Crippen LogP contribution in [-0.4, -0.2) is 52.4 Å². The molecule has 0 aliphatic rings. The summed E-state index contributed by atoms with van der Waals surface area (Å²) in [7, 11) is 1.55. The molecule has 0 radical (unpaired) electrons. The third kappa shape index (κ3) is 4.37. The second-order valence-corrected chi connectivity index (χ2v) is 3.33. The van der Waals surface area contributed by atoms with E-state index in [1.165, 1.54) is 10.9 Å². The average Bonchev–Trinajstić information content (AvgIpc) is 2.71. The summed E-state index contributed by atoms with van der Waals surface area (Å²) in [6.07, 6.45) is 3.58. The zero-order valence-electron chi connectivity index (χ0n) is 9.17. The molecule has 1 aromatic heterocycles. The van der Waals surface area contributed by atoms with Gasteiger partial charge in [-0.25, -0.2) is 4.68 Å². The molecule has 1 heterocycles. The Morgan fingerprint density at radius 3 is 3.06 bits per heavy atom. The molecule has 0 bridgehead atoms. The van der Waals surface area contributed by atoms with Crippen LogP contribution in [0.2, 0.25) is 0 Å². The Balaban J connectivity index is 2.35. The maximum absolute atomic E-state index is 11.5. The van der Waals surface area contributed by atoms with E-state index in [-0.39, 0.29) is 25.1 Å². The molecule has 0 fully saturated rings. The first-order chi connectivity index (χ1) is 7.76. The molecular formula is C9H16N4O3. The largest absolute Gasteiger partial charge is 0.396 e. The molecule has 16 heavy (non-hydrogen) atoms. The minimum absolute atomic E-state index is 0.0115. The molecule has 0 aliphatic heterocycles. The Bertz CT molecular complexity index is 296. The maximum Gasteiger partial charge on any atom is 0.242 e. The van der Waals surface area contributed by atoms with Crippen molar-refractivity contribution in [3.05, 3.63) is 12.4 Å². The molecule has 0 saturated carbocycles. The topological polar surface area (TPSA) is 89.3 Å². The van der Waals surface area contributed by atoms with E-state index in [0.29, 0.717) is 13.0 Å². The van der Waals surface area contributed by atoms with Crippen molar-refractivity contribution in [3.8, 4) is 0 Å². The first-order valence-corrected chi connectivity index (χ1v) is 4.99. The van der Waals surface area contributed by atoms with E-state index in [1.807, 2.05) is 0 Å². The van der Waals surface area contributed by atoms with E-state index in [9.17, 15) is 4.79 Å². The first kappa shape index (κ1) is 12.6. The van der Waals surface area contributed by atoms with E-state index in [0.717, 1.165) is 0 Å². The zero-order valence-corrected chi connectivity index (χ0v) is 9.17. The molecule has 0 spiro atoms. The monoisotopic (exact) mass is 228 g/mol. The number of hydrogen-bond donors (Lipinski definition) is 2. The SMILES string of the molecule is COCC(CCO)NC(=O)Cn1ccnn1. The molecule has 2 N–H and O–H groups in total. The molecule has 1 atom stereocenters. The number of nitrogens with zero attached hydrogens (tertiary/aromatic N) is 3. The molecule has 0 aromatic carbocycles. The highest BCUT2D eigenvalue weighted by molar-refractivity contribution is 5.75. The van der Waals surface area contributed by atoms with Crippen LogP contribution >= 0.6 is 0 Å². The van der Waals surface area contributed by atoms with Gasteiger partial charge in [-0.1, -0.05) is 5.21 Å². The van der Waals surface area contributed by atoms with Crippen LogP contribution in [0, 0.1) is 0 Å². The Morgan fingerprint density at radius 1 is 1.69 bits per heavy atom. The van der Waals surface area contributed by atoms with Crippen LogP contribution in [0.4, 0.5) is 0 Å². The van der Waals surface area contributed by atoms with Crippen molar-refractivity contribution in [2.75, 3.05) is 20.3 Å². The van der Waals surface area contributed by atoms with Gasteiger partial charge in [0.05, 0.1) is 18.8 Å². The predicted molar refractivity (Wildman–Crippen MR) is 55.5 cm³/mol. The van der Waals surface area contributed by atoms with Crippen molar-refractivity contribution in [2.24, 2.45) is 0 Å². The molecule has 1 unspecified atom stereocenters. The normalized spacial score (nSPS) is 12.4. The van der Waals surface area contributed by atoms with Crippen LogP contribution < -0.4 is 5.32 Å². The highest BCUT2D eigenvalue weighted by Gasteiger charge is 2.11. The highest BCUT2D eigenvalue weighted by atomic mass is 16.5. The summed E-state index contributed by atoms with van der Waals surface area (Å²) in [5.41, 5.74) is 0. The van der Waals surface area contributed by atoms with Crippen molar-refractivity contribution in [1.29, 1.82) is 0 Å². The van der Waals surface area contributed by atoms with Crippen molar-refractivity contribution in [1.82, 2.24) is 20.3 Å². The van der Waals surface area contributed by atoms with Crippen molar-refractivity contribution < 1.29 is 14.6 Å². The van der Waals surface area contributed by atoms with Gasteiger partial charge in [0.1, 0.15) is 6.54 Å². The molecule has 0 aliphatic carbocycles. The summed E-state index contributed by atoms with van der Waals surface area (Å²) in [5, 5.41) is 18.8. The summed E-state index contributed by atoms with van der Waals surface area (Å²) < 4.78 is 6.36. The maximum atomic E-state index is 11.5. The number of aliphatic hydroxyl groups excluding tert-OH is 1. The second kappa shape index (κ2) is 6.91. The lowest BCUT2D eigenvalue weighted by atomic mass is 10.2. The minimum Gasteiger partial charge on any atom is -0.396 e. The van der Waals surface area contributed by atoms with Crippen LogP contribution in [-0.2, 0) is 16.1 Å². The number of ether oxygens (including phenoxy) is 1. The van der Waals surface area contributed by atoms with Crippen LogP contribution in [0.25, 0.3) is 0 Å². The number of aliphatic hydroxyl groups is 1. The van der Waals surface area contributed by atoms with Crippen molar-refractivity contribution >= 4 is 5.91 Å². The highest BCUT2D eigenvalue weighted by Crippen LogP contribution is 1.92. The van der Waals surface area contributed by atoms with Crippen molar-refractivity contribution in [3.63, 3.8) is 0 Å². The summed E-state index contributed by atoms with van der Waals surface area (Å²) in [5.74, 6) is -0.180. The van der Waals surface area contributed by atoms with Crippen LogP contribution in [0.5, 0.6) is 0 Å². The van der Waals surface area contributed by atoms with Gasteiger partial charge in [0.2, 0.25) is 5.91 Å². The number of nitrogens with one attached hydrogen (secondary N) is 1. The fraction of sp³-hybridized carbons (Fsp3) is 0.667. The average molecular weight is 228 g/mol. The summed E-state index contributed by atoms with van der Waals surface area (Å²) in [4.78, 5) is 11.5. The van der Waals surface area contributed by atoms with Gasteiger partial charge in [0.15, 0.2) is 0 Å². The molecule has 90 valence electrons. The molecule has 0 saturated heterocycles. The Morgan fingerprint density at radius 2 is 2.50 bits per heavy atom. The summed E-state index contributed by atoms with van der Waals surface area (Å²) in [6, 6.07) is -0.175. The minimum atomic E-state index is -0.180. The van der Waals surface area contributed by atoms with Gasteiger partial charge in [-0.15, -0.1) is 5.10 Å². The fourth-order valence-electron chi connectivity index (χ4n) is 1.29. The Kier molecular flexibility index (Phi) is 5.44. The van der Waals surface area contributed by atoms with E-state index >= 15 is 0 Å². The predicted octanol–water partition coefficient (Wildman–Crippen LogP) is -1.21.